The summed E-state index contributed by atoms with van der Waals surface area (Å²) in [6.45, 7) is 1.80. The van der Waals surface area contributed by atoms with Crippen LogP contribution in [0.15, 0.2) is 4.52 Å². The molecule has 7 nitrogen and oxygen atoms in total. The molecule has 0 radical (unpaired) electrons. The zero-order valence-corrected chi connectivity index (χ0v) is 13.7. The number of carbonyl (C=O) groups is 2. The van der Waals surface area contributed by atoms with Gasteiger partial charge in [-0.1, -0.05) is 18.0 Å². The summed E-state index contributed by atoms with van der Waals surface area (Å²) in [4.78, 5) is 31.4. The Hall–Kier alpha value is -1.76. The van der Waals surface area contributed by atoms with Gasteiger partial charge in [0.25, 0.3) is 0 Å². The van der Waals surface area contributed by atoms with E-state index >= 15 is 0 Å². The van der Waals surface area contributed by atoms with Gasteiger partial charge in [0.05, 0.1) is 24.0 Å². The van der Waals surface area contributed by atoms with Gasteiger partial charge in [0.15, 0.2) is 5.82 Å². The zero-order chi connectivity index (χ0) is 16.4. The molecule has 1 aromatic rings. The van der Waals surface area contributed by atoms with E-state index in [-0.39, 0.29) is 35.9 Å². The van der Waals surface area contributed by atoms with Gasteiger partial charge < -0.3 is 9.26 Å². The Morgan fingerprint density at radius 3 is 2.29 bits per heavy atom. The average molecular weight is 331 g/mol. The molecule has 1 saturated carbocycles. The lowest BCUT2D eigenvalue weighted by Crippen LogP contribution is -2.36. The molecule has 4 fully saturated rings. The summed E-state index contributed by atoms with van der Waals surface area (Å²) in [5.41, 5.74) is 0. The van der Waals surface area contributed by atoms with Crippen LogP contribution >= 0.6 is 0 Å². The van der Waals surface area contributed by atoms with Gasteiger partial charge in [-0.15, -0.1) is 0 Å². The fourth-order valence-corrected chi connectivity index (χ4v) is 4.99. The van der Waals surface area contributed by atoms with Crippen LogP contribution < -0.4 is 0 Å². The fraction of sp³-hybridized carbons (Fsp3) is 0.765. The van der Waals surface area contributed by atoms with Gasteiger partial charge in [0.1, 0.15) is 6.04 Å². The lowest BCUT2D eigenvalue weighted by Gasteiger charge is -2.21. The van der Waals surface area contributed by atoms with Crippen molar-refractivity contribution in [2.45, 2.75) is 69.6 Å². The number of amides is 2. The van der Waals surface area contributed by atoms with Crippen molar-refractivity contribution < 1.29 is 18.8 Å². The summed E-state index contributed by atoms with van der Waals surface area (Å²) in [7, 11) is 0. The molecule has 1 aromatic heterocycles. The molecular formula is C17H21N3O4. The summed E-state index contributed by atoms with van der Waals surface area (Å²) in [6.07, 6.45) is 6.12. The van der Waals surface area contributed by atoms with Crippen LogP contribution in [-0.2, 0) is 14.3 Å². The largest absolute Gasteiger partial charge is 0.373 e. The maximum Gasteiger partial charge on any atom is 0.249 e. The summed E-state index contributed by atoms with van der Waals surface area (Å²) in [5, 5.41) is 4.10. The maximum absolute atomic E-state index is 12.8. The van der Waals surface area contributed by atoms with Crippen molar-refractivity contribution in [3.8, 4) is 0 Å². The van der Waals surface area contributed by atoms with Gasteiger partial charge in [-0.3, -0.25) is 14.5 Å². The van der Waals surface area contributed by atoms with Crippen LogP contribution in [0, 0.1) is 11.8 Å². The Balaban J connectivity index is 1.40. The predicted molar refractivity (Wildman–Crippen MR) is 80.7 cm³/mol. The lowest BCUT2D eigenvalue weighted by molar-refractivity contribution is -0.145. The number of fused-ring (bicyclic) bond motifs is 5. The van der Waals surface area contributed by atoms with Crippen molar-refractivity contribution in [2.24, 2.45) is 11.8 Å². The topological polar surface area (TPSA) is 85.5 Å². The normalized spacial score (nSPS) is 36.8. The average Bonchev–Trinajstić information content (AvgIpc) is 3.38. The minimum atomic E-state index is -0.502. The van der Waals surface area contributed by atoms with E-state index in [0.29, 0.717) is 11.8 Å². The molecule has 2 bridgehead atoms. The van der Waals surface area contributed by atoms with Crippen molar-refractivity contribution in [3.63, 3.8) is 0 Å². The van der Waals surface area contributed by atoms with E-state index in [0.717, 1.165) is 31.5 Å². The smallest absolute Gasteiger partial charge is 0.249 e. The SMILES string of the molecule is CC(c1nc(C2CCCC2)no1)N1C(=O)C2C3CCC(O3)C2C1=O. The number of imide groups is 1. The minimum Gasteiger partial charge on any atom is -0.373 e. The number of carbonyl (C=O) groups excluding carboxylic acids is 2. The van der Waals surface area contributed by atoms with Gasteiger partial charge in [-0.25, -0.2) is 0 Å². The predicted octanol–water partition coefficient (Wildman–Crippen LogP) is 1.95. The Bertz CT molecular complexity index is 668. The van der Waals surface area contributed by atoms with E-state index < -0.39 is 6.04 Å². The van der Waals surface area contributed by atoms with E-state index in [9.17, 15) is 9.59 Å². The highest BCUT2D eigenvalue weighted by Crippen LogP contribution is 2.50. The molecule has 4 aliphatic rings. The minimum absolute atomic E-state index is 0.0922. The van der Waals surface area contributed by atoms with Gasteiger partial charge in [0, 0.05) is 5.92 Å². The molecule has 24 heavy (non-hydrogen) atoms. The molecule has 128 valence electrons. The van der Waals surface area contributed by atoms with Crippen LogP contribution in [0.5, 0.6) is 0 Å². The van der Waals surface area contributed by atoms with Crippen LogP contribution in [0.1, 0.15) is 69.1 Å². The summed E-state index contributed by atoms with van der Waals surface area (Å²) < 4.78 is 11.2. The highest BCUT2D eigenvalue weighted by Gasteiger charge is 2.63. The van der Waals surface area contributed by atoms with E-state index in [2.05, 4.69) is 10.1 Å². The molecule has 1 aliphatic carbocycles. The van der Waals surface area contributed by atoms with Crippen molar-refractivity contribution in [1.29, 1.82) is 0 Å². The van der Waals surface area contributed by atoms with Crippen LogP contribution in [0.2, 0.25) is 0 Å². The van der Waals surface area contributed by atoms with Crippen LogP contribution in [-0.4, -0.2) is 39.1 Å². The van der Waals surface area contributed by atoms with Gasteiger partial charge in [-0.05, 0) is 32.6 Å². The molecule has 5 unspecified atom stereocenters. The molecule has 2 amide bonds. The van der Waals surface area contributed by atoms with Crippen molar-refractivity contribution in [2.75, 3.05) is 0 Å². The second-order valence-electron chi connectivity index (χ2n) is 7.54. The number of likely N-dealkylation sites (tertiary alicyclic amines) is 1. The highest BCUT2D eigenvalue weighted by atomic mass is 16.5. The summed E-state index contributed by atoms with van der Waals surface area (Å²) in [5.74, 6) is 0.551. The van der Waals surface area contributed by atoms with Crippen LogP contribution in [0.25, 0.3) is 0 Å². The van der Waals surface area contributed by atoms with E-state index in [1.54, 1.807) is 6.92 Å². The first-order chi connectivity index (χ1) is 11.6. The summed E-state index contributed by atoms with van der Waals surface area (Å²) in [6, 6.07) is -0.502. The number of ether oxygens (including phenoxy) is 1. The quantitative estimate of drug-likeness (QED) is 0.787. The molecule has 7 heteroatoms. The third-order valence-corrected chi connectivity index (χ3v) is 6.24. The molecule has 0 spiro atoms. The van der Waals surface area contributed by atoms with E-state index in [1.807, 2.05) is 0 Å². The van der Waals surface area contributed by atoms with Crippen molar-refractivity contribution in [3.05, 3.63) is 11.7 Å². The monoisotopic (exact) mass is 331 g/mol. The Kier molecular flexibility index (Phi) is 3.11. The Morgan fingerprint density at radius 1 is 1.04 bits per heavy atom. The second kappa shape index (κ2) is 5.12. The van der Waals surface area contributed by atoms with Gasteiger partial charge in [-0.2, -0.15) is 4.98 Å². The molecule has 5 rings (SSSR count). The molecule has 3 saturated heterocycles. The number of nitrogens with zero attached hydrogens (tertiary/aromatic N) is 3. The lowest BCUT2D eigenvalue weighted by atomic mass is 9.81. The number of aromatic nitrogens is 2. The molecule has 4 heterocycles. The first-order valence-corrected chi connectivity index (χ1v) is 9.01. The third-order valence-electron chi connectivity index (χ3n) is 6.24. The van der Waals surface area contributed by atoms with Crippen LogP contribution in [0.4, 0.5) is 0 Å². The molecular weight excluding hydrogens is 310 g/mol. The maximum atomic E-state index is 12.8. The number of hydrogen-bond acceptors (Lipinski definition) is 6. The van der Waals surface area contributed by atoms with Crippen LogP contribution in [0.3, 0.4) is 0 Å². The van der Waals surface area contributed by atoms with Gasteiger partial charge in [0.2, 0.25) is 17.7 Å². The number of hydrogen-bond donors (Lipinski definition) is 0. The molecule has 5 atom stereocenters. The van der Waals surface area contributed by atoms with Crippen molar-refractivity contribution >= 4 is 11.8 Å². The first-order valence-electron chi connectivity index (χ1n) is 9.01. The highest BCUT2D eigenvalue weighted by molar-refractivity contribution is 6.06. The molecule has 0 N–H and O–H groups in total. The van der Waals surface area contributed by atoms with E-state index in [1.165, 1.54) is 17.7 Å². The zero-order valence-electron chi connectivity index (χ0n) is 13.7. The third kappa shape index (κ3) is 1.87. The van der Waals surface area contributed by atoms with E-state index in [4.69, 9.17) is 9.26 Å². The Labute approximate surface area is 139 Å². The Morgan fingerprint density at radius 2 is 1.67 bits per heavy atom. The summed E-state index contributed by atoms with van der Waals surface area (Å²) >= 11 is 0. The fourth-order valence-electron chi connectivity index (χ4n) is 4.99. The molecule has 0 aromatic carbocycles. The second-order valence-corrected chi connectivity index (χ2v) is 7.54. The number of rotatable bonds is 3. The van der Waals surface area contributed by atoms with Crippen molar-refractivity contribution in [1.82, 2.24) is 15.0 Å². The molecule has 3 aliphatic heterocycles. The first kappa shape index (κ1) is 14.6. The standard InChI is InChI=1S/C17H21N3O4/c1-8(15-18-14(19-24-15)9-4-2-3-5-9)20-16(21)12-10-6-7-11(23-10)13(12)17(20)22/h8-13H,2-7H2,1H3. The van der Waals surface area contributed by atoms with Gasteiger partial charge >= 0.3 is 0 Å².